The number of nitrogens with one attached hydrogen (secondary N) is 2. The van der Waals surface area contributed by atoms with Crippen LogP contribution < -0.4 is 10.0 Å². The van der Waals surface area contributed by atoms with E-state index in [-0.39, 0.29) is 5.41 Å². The first-order valence-corrected chi connectivity index (χ1v) is 9.10. The Hall–Kier alpha value is -0.850. The van der Waals surface area contributed by atoms with Crippen molar-refractivity contribution in [3.8, 4) is 0 Å². The highest BCUT2D eigenvalue weighted by Gasteiger charge is 2.45. The summed E-state index contributed by atoms with van der Waals surface area (Å²) in [5, 5.41) is 3.29. The topological polar surface area (TPSA) is 63.1 Å². The Labute approximate surface area is 128 Å². The third kappa shape index (κ3) is 4.08. The third-order valence-electron chi connectivity index (χ3n) is 4.36. The number of aryl methyl sites for hydroxylation is 1. The molecule has 120 valence electrons. The lowest BCUT2D eigenvalue weighted by molar-refractivity contribution is 0.537. The van der Waals surface area contributed by atoms with Crippen molar-refractivity contribution in [3.63, 3.8) is 0 Å². The molecule has 1 unspecified atom stereocenters. The molecular weight excluding hydrogens is 286 g/mol. The summed E-state index contributed by atoms with van der Waals surface area (Å²) in [4.78, 5) is 0.358. The fourth-order valence-electron chi connectivity index (χ4n) is 2.51. The van der Waals surface area contributed by atoms with Gasteiger partial charge in [0.2, 0.25) is 10.0 Å². The molecule has 6 heteroatoms. The molecule has 5 nitrogen and oxygen atoms in total. The monoisotopic (exact) mass is 313 g/mol. The number of aromatic nitrogens is 1. The maximum absolute atomic E-state index is 12.3. The van der Waals surface area contributed by atoms with Crippen LogP contribution in [0.15, 0.2) is 17.2 Å². The van der Waals surface area contributed by atoms with Gasteiger partial charge in [0.25, 0.3) is 0 Å². The van der Waals surface area contributed by atoms with E-state index in [2.05, 4.69) is 30.8 Å². The van der Waals surface area contributed by atoms with Crippen molar-refractivity contribution in [1.82, 2.24) is 14.6 Å². The molecule has 0 spiro atoms. The Bertz CT molecular complexity index is 590. The molecular formula is C15H27N3O2S. The number of rotatable bonds is 8. The lowest BCUT2D eigenvalue weighted by Crippen LogP contribution is -2.26. The van der Waals surface area contributed by atoms with Gasteiger partial charge in [0, 0.05) is 32.0 Å². The van der Waals surface area contributed by atoms with Crippen molar-refractivity contribution in [2.24, 2.45) is 18.4 Å². The van der Waals surface area contributed by atoms with Crippen LogP contribution in [0, 0.1) is 11.3 Å². The van der Waals surface area contributed by atoms with Gasteiger partial charge in [0.15, 0.2) is 0 Å². The maximum atomic E-state index is 12.3. The van der Waals surface area contributed by atoms with Crippen molar-refractivity contribution in [2.45, 2.75) is 45.1 Å². The molecule has 0 bridgehead atoms. The summed E-state index contributed by atoms with van der Waals surface area (Å²) in [6.45, 7) is 8.61. The van der Waals surface area contributed by atoms with E-state index in [4.69, 9.17) is 0 Å². The van der Waals surface area contributed by atoms with Gasteiger partial charge in [-0.1, -0.05) is 20.8 Å². The molecule has 0 saturated heterocycles. The molecule has 1 aromatic heterocycles. The molecule has 1 aromatic rings. The van der Waals surface area contributed by atoms with Gasteiger partial charge in [-0.15, -0.1) is 0 Å². The van der Waals surface area contributed by atoms with E-state index in [0.717, 1.165) is 25.1 Å². The highest BCUT2D eigenvalue weighted by Crippen LogP contribution is 2.51. The second-order valence-electron chi connectivity index (χ2n) is 6.70. The van der Waals surface area contributed by atoms with Crippen LogP contribution >= 0.6 is 0 Å². The summed E-state index contributed by atoms with van der Waals surface area (Å²) in [6.07, 6.45) is 3.84. The first-order chi connectivity index (χ1) is 9.76. The summed E-state index contributed by atoms with van der Waals surface area (Å²) >= 11 is 0. The zero-order valence-electron chi connectivity index (χ0n) is 13.4. The van der Waals surface area contributed by atoms with Gasteiger partial charge in [-0.25, -0.2) is 13.1 Å². The van der Waals surface area contributed by atoms with Crippen LogP contribution in [0.3, 0.4) is 0 Å². The predicted molar refractivity (Wildman–Crippen MR) is 84.5 cm³/mol. The zero-order valence-corrected chi connectivity index (χ0v) is 14.3. The molecule has 1 aliphatic rings. The van der Waals surface area contributed by atoms with Crippen molar-refractivity contribution >= 4 is 10.0 Å². The molecule has 1 saturated carbocycles. The normalized spacial score (nSPS) is 20.7. The van der Waals surface area contributed by atoms with Crippen LogP contribution in [0.4, 0.5) is 0 Å². The van der Waals surface area contributed by atoms with Gasteiger partial charge in [-0.3, -0.25) is 0 Å². The van der Waals surface area contributed by atoms with Crippen LogP contribution in [-0.4, -0.2) is 26.1 Å². The van der Waals surface area contributed by atoms with Crippen molar-refractivity contribution in [2.75, 3.05) is 13.1 Å². The average molecular weight is 313 g/mol. The van der Waals surface area contributed by atoms with Gasteiger partial charge >= 0.3 is 0 Å². The first kappa shape index (κ1) is 16.5. The molecule has 1 atom stereocenters. The summed E-state index contributed by atoms with van der Waals surface area (Å²) in [6, 6.07) is 1.75. The van der Waals surface area contributed by atoms with E-state index in [0.29, 0.717) is 23.9 Å². The highest BCUT2D eigenvalue weighted by atomic mass is 32.2. The van der Waals surface area contributed by atoms with Gasteiger partial charge in [0.05, 0.1) is 4.90 Å². The average Bonchev–Trinajstić information content (AvgIpc) is 2.82. The maximum Gasteiger partial charge on any atom is 0.242 e. The number of nitrogens with zero attached hydrogens (tertiary/aromatic N) is 1. The Balaban J connectivity index is 1.98. The van der Waals surface area contributed by atoms with E-state index in [1.165, 1.54) is 0 Å². The quantitative estimate of drug-likeness (QED) is 0.720. The number of sulfonamides is 1. The second kappa shape index (κ2) is 6.10. The van der Waals surface area contributed by atoms with Crippen LogP contribution in [0.1, 0.15) is 39.3 Å². The molecule has 0 aliphatic heterocycles. The molecule has 2 rings (SSSR count). The van der Waals surface area contributed by atoms with Crippen molar-refractivity contribution in [1.29, 1.82) is 0 Å². The summed E-state index contributed by atoms with van der Waals surface area (Å²) < 4.78 is 29.3. The Kier molecular flexibility index (Phi) is 4.80. The second-order valence-corrected chi connectivity index (χ2v) is 8.46. The first-order valence-electron chi connectivity index (χ1n) is 7.62. The van der Waals surface area contributed by atoms with Gasteiger partial charge in [-0.2, -0.15) is 0 Å². The summed E-state index contributed by atoms with van der Waals surface area (Å²) in [5.41, 5.74) is 1.27. The lowest BCUT2D eigenvalue weighted by atomic mass is 10.1. The van der Waals surface area contributed by atoms with Crippen LogP contribution in [-0.2, 0) is 23.6 Å². The SMILES string of the molecule is CCCNCc1cc(S(=O)(=O)NCC2CC2(C)C)cn1C. The molecule has 2 N–H and O–H groups in total. The van der Waals surface area contributed by atoms with E-state index < -0.39 is 10.0 Å². The van der Waals surface area contributed by atoms with Gasteiger partial charge in [-0.05, 0) is 36.8 Å². The lowest BCUT2D eigenvalue weighted by Gasteiger charge is -2.06. The fraction of sp³-hybridized carbons (Fsp3) is 0.733. The molecule has 1 fully saturated rings. The van der Waals surface area contributed by atoms with Gasteiger partial charge in [0.1, 0.15) is 0 Å². The van der Waals surface area contributed by atoms with E-state index in [1.807, 2.05) is 11.6 Å². The Morgan fingerprint density at radius 3 is 2.67 bits per heavy atom. The van der Waals surface area contributed by atoms with Crippen LogP contribution in [0.5, 0.6) is 0 Å². The van der Waals surface area contributed by atoms with Gasteiger partial charge < -0.3 is 9.88 Å². The van der Waals surface area contributed by atoms with E-state index in [1.54, 1.807) is 12.3 Å². The molecule has 1 aliphatic carbocycles. The summed E-state index contributed by atoms with van der Waals surface area (Å²) in [7, 11) is -1.52. The Morgan fingerprint density at radius 2 is 2.10 bits per heavy atom. The molecule has 0 amide bonds. The smallest absolute Gasteiger partial charge is 0.242 e. The number of hydrogen-bond donors (Lipinski definition) is 2. The zero-order chi connectivity index (χ0) is 15.7. The minimum absolute atomic E-state index is 0.286. The summed E-state index contributed by atoms with van der Waals surface area (Å²) in [5.74, 6) is 0.460. The standard InChI is InChI=1S/C15H27N3O2S/c1-5-6-16-10-13-7-14(11-18(13)4)21(19,20)17-9-12-8-15(12,2)3/h7,11-12,16-17H,5-6,8-10H2,1-4H3. The minimum atomic E-state index is -3.40. The minimum Gasteiger partial charge on any atom is -0.352 e. The van der Waals surface area contributed by atoms with E-state index >= 15 is 0 Å². The molecule has 1 heterocycles. The predicted octanol–water partition coefficient (Wildman–Crippen LogP) is 1.85. The van der Waals surface area contributed by atoms with Crippen molar-refractivity contribution < 1.29 is 8.42 Å². The van der Waals surface area contributed by atoms with Crippen LogP contribution in [0.2, 0.25) is 0 Å². The highest BCUT2D eigenvalue weighted by molar-refractivity contribution is 7.89. The largest absolute Gasteiger partial charge is 0.352 e. The molecule has 0 radical (unpaired) electrons. The Morgan fingerprint density at radius 1 is 1.43 bits per heavy atom. The van der Waals surface area contributed by atoms with Crippen LogP contribution in [0.25, 0.3) is 0 Å². The number of hydrogen-bond acceptors (Lipinski definition) is 3. The molecule has 21 heavy (non-hydrogen) atoms. The fourth-order valence-corrected chi connectivity index (χ4v) is 3.69. The molecule has 0 aromatic carbocycles. The van der Waals surface area contributed by atoms with E-state index in [9.17, 15) is 8.42 Å². The third-order valence-corrected chi connectivity index (χ3v) is 5.75. The van der Waals surface area contributed by atoms with Crippen molar-refractivity contribution in [3.05, 3.63) is 18.0 Å².